The third-order valence-electron chi connectivity index (χ3n) is 3.89. The Morgan fingerprint density at radius 2 is 2.29 bits per heavy atom. The second kappa shape index (κ2) is 6.37. The van der Waals surface area contributed by atoms with Gasteiger partial charge in [0, 0.05) is 44.2 Å². The topological polar surface area (TPSA) is 52.0 Å². The summed E-state index contributed by atoms with van der Waals surface area (Å²) in [4.78, 5) is 4.44. The smallest absolute Gasteiger partial charge is 0.101 e. The van der Waals surface area contributed by atoms with Crippen LogP contribution in [-0.2, 0) is 18.3 Å². The molecule has 0 amide bonds. The lowest BCUT2D eigenvalue weighted by Crippen LogP contribution is -2.39. The maximum absolute atomic E-state index is 5.96. The number of nitrogens with zero attached hydrogens (tertiary/aromatic N) is 3. The van der Waals surface area contributed by atoms with E-state index in [4.69, 9.17) is 4.74 Å². The van der Waals surface area contributed by atoms with Crippen LogP contribution in [0, 0.1) is 6.92 Å². The van der Waals surface area contributed by atoms with Gasteiger partial charge in [0.15, 0.2) is 0 Å². The summed E-state index contributed by atoms with van der Waals surface area (Å²) in [6.45, 7) is 3.64. The van der Waals surface area contributed by atoms with Crippen molar-refractivity contribution in [3.63, 3.8) is 0 Å². The van der Waals surface area contributed by atoms with Crippen molar-refractivity contribution < 1.29 is 4.74 Å². The highest BCUT2D eigenvalue weighted by molar-refractivity contribution is 5.14. The first kappa shape index (κ1) is 14.2. The average molecular weight is 286 g/mol. The molecule has 1 fully saturated rings. The van der Waals surface area contributed by atoms with E-state index in [1.165, 1.54) is 5.56 Å². The van der Waals surface area contributed by atoms with Crippen LogP contribution in [0.4, 0.5) is 0 Å². The van der Waals surface area contributed by atoms with E-state index < -0.39 is 0 Å². The molecule has 0 aliphatic carbocycles. The highest BCUT2D eigenvalue weighted by Crippen LogP contribution is 2.28. The van der Waals surface area contributed by atoms with Crippen LogP contribution in [0.1, 0.15) is 35.8 Å². The van der Waals surface area contributed by atoms with Crippen LogP contribution < -0.4 is 5.32 Å². The van der Waals surface area contributed by atoms with Crippen molar-refractivity contribution in [2.75, 3.05) is 6.61 Å². The molecule has 2 atom stereocenters. The quantitative estimate of drug-likeness (QED) is 0.935. The lowest BCUT2D eigenvalue weighted by atomic mass is 9.98. The van der Waals surface area contributed by atoms with Gasteiger partial charge in [-0.05, 0) is 31.4 Å². The van der Waals surface area contributed by atoms with Crippen LogP contribution >= 0.6 is 0 Å². The second-order valence-corrected chi connectivity index (χ2v) is 5.70. The molecular weight excluding hydrogens is 264 g/mol. The maximum atomic E-state index is 5.96. The summed E-state index contributed by atoms with van der Waals surface area (Å²) < 4.78 is 7.79. The Balaban J connectivity index is 1.65. The first-order chi connectivity index (χ1) is 10.2. The molecule has 0 spiro atoms. The number of aryl methyl sites for hydroxylation is 2. The van der Waals surface area contributed by atoms with Gasteiger partial charge < -0.3 is 10.1 Å². The summed E-state index contributed by atoms with van der Waals surface area (Å²) in [5.41, 5.74) is 3.40. The number of nitrogens with one attached hydrogen (secondary N) is 1. The molecule has 5 nitrogen and oxygen atoms in total. The SMILES string of the molecule is Cc1ccc(CN[C@H]2CCCO[C@@H]2c2cnn(C)c2)nc1. The molecule has 1 N–H and O–H groups in total. The van der Waals surface area contributed by atoms with Crippen molar-refractivity contribution in [1.82, 2.24) is 20.1 Å². The van der Waals surface area contributed by atoms with Gasteiger partial charge in [0.25, 0.3) is 0 Å². The summed E-state index contributed by atoms with van der Waals surface area (Å²) in [6, 6.07) is 4.48. The van der Waals surface area contributed by atoms with Crippen LogP contribution in [-0.4, -0.2) is 27.4 Å². The largest absolute Gasteiger partial charge is 0.372 e. The zero-order valence-corrected chi connectivity index (χ0v) is 12.6. The van der Waals surface area contributed by atoms with Gasteiger partial charge in [0.2, 0.25) is 0 Å². The molecule has 1 aliphatic rings. The van der Waals surface area contributed by atoms with Gasteiger partial charge >= 0.3 is 0 Å². The number of hydrogen-bond donors (Lipinski definition) is 1. The van der Waals surface area contributed by atoms with Crippen LogP contribution in [0.5, 0.6) is 0 Å². The van der Waals surface area contributed by atoms with Crippen LogP contribution in [0.15, 0.2) is 30.7 Å². The Morgan fingerprint density at radius 3 is 3.00 bits per heavy atom. The van der Waals surface area contributed by atoms with Crippen molar-refractivity contribution in [2.24, 2.45) is 7.05 Å². The monoisotopic (exact) mass is 286 g/mol. The standard InChI is InChI=1S/C16H22N4O/c1-12-5-6-14(17-8-12)10-18-15-4-3-7-21-16(15)13-9-19-20(2)11-13/h5-6,8-9,11,15-16,18H,3-4,7,10H2,1-2H3/t15-,16+/m0/s1. The zero-order chi connectivity index (χ0) is 14.7. The number of rotatable bonds is 4. The molecule has 112 valence electrons. The second-order valence-electron chi connectivity index (χ2n) is 5.70. The van der Waals surface area contributed by atoms with Crippen molar-refractivity contribution >= 4 is 0 Å². The highest BCUT2D eigenvalue weighted by atomic mass is 16.5. The van der Waals surface area contributed by atoms with E-state index in [0.717, 1.165) is 37.3 Å². The van der Waals surface area contributed by atoms with Crippen molar-refractivity contribution in [3.8, 4) is 0 Å². The molecule has 1 saturated heterocycles. The maximum Gasteiger partial charge on any atom is 0.101 e. The molecule has 0 radical (unpaired) electrons. The van der Waals surface area contributed by atoms with Crippen LogP contribution in [0.25, 0.3) is 0 Å². The molecule has 0 saturated carbocycles. The number of ether oxygens (including phenoxy) is 1. The molecule has 0 unspecified atom stereocenters. The summed E-state index contributed by atoms with van der Waals surface area (Å²) in [5.74, 6) is 0. The minimum absolute atomic E-state index is 0.0814. The van der Waals surface area contributed by atoms with Crippen molar-refractivity contribution in [3.05, 3.63) is 47.5 Å². The van der Waals surface area contributed by atoms with Gasteiger partial charge in [0.05, 0.1) is 11.9 Å². The van der Waals surface area contributed by atoms with Crippen molar-refractivity contribution in [1.29, 1.82) is 0 Å². The van der Waals surface area contributed by atoms with Gasteiger partial charge in [-0.2, -0.15) is 5.10 Å². The van der Waals surface area contributed by atoms with Crippen LogP contribution in [0.3, 0.4) is 0 Å². The zero-order valence-electron chi connectivity index (χ0n) is 12.6. The molecule has 0 aromatic carbocycles. The van der Waals surface area contributed by atoms with E-state index in [1.807, 2.05) is 30.3 Å². The first-order valence-corrected chi connectivity index (χ1v) is 7.47. The molecule has 2 aromatic heterocycles. The average Bonchev–Trinajstić information content (AvgIpc) is 2.93. The van der Waals surface area contributed by atoms with E-state index in [-0.39, 0.29) is 6.10 Å². The van der Waals surface area contributed by atoms with E-state index in [1.54, 1.807) is 0 Å². The minimum atomic E-state index is 0.0814. The van der Waals surface area contributed by atoms with Gasteiger partial charge in [0.1, 0.15) is 6.10 Å². The van der Waals surface area contributed by atoms with E-state index in [2.05, 4.69) is 34.5 Å². The Labute approximate surface area is 125 Å². The van der Waals surface area contributed by atoms with Gasteiger partial charge in [-0.15, -0.1) is 0 Å². The number of pyridine rings is 1. The third kappa shape index (κ3) is 3.49. The molecule has 1 aliphatic heterocycles. The predicted octanol–water partition coefficient (Wildman–Crippen LogP) is 2.13. The molecule has 3 heterocycles. The van der Waals surface area contributed by atoms with Gasteiger partial charge in [-0.25, -0.2) is 0 Å². The summed E-state index contributed by atoms with van der Waals surface area (Å²) in [5, 5.41) is 7.84. The summed E-state index contributed by atoms with van der Waals surface area (Å²) >= 11 is 0. The Morgan fingerprint density at radius 1 is 1.38 bits per heavy atom. The predicted molar refractivity (Wildman–Crippen MR) is 80.7 cm³/mol. The van der Waals surface area contributed by atoms with Crippen LogP contribution in [0.2, 0.25) is 0 Å². The molecule has 0 bridgehead atoms. The van der Waals surface area contributed by atoms with Gasteiger partial charge in [-0.1, -0.05) is 6.07 Å². The van der Waals surface area contributed by atoms with Gasteiger partial charge in [-0.3, -0.25) is 9.67 Å². The highest BCUT2D eigenvalue weighted by Gasteiger charge is 2.28. The fourth-order valence-corrected chi connectivity index (χ4v) is 2.74. The summed E-state index contributed by atoms with van der Waals surface area (Å²) in [7, 11) is 1.94. The fourth-order valence-electron chi connectivity index (χ4n) is 2.74. The van der Waals surface area contributed by atoms with Crippen molar-refractivity contribution in [2.45, 2.75) is 38.5 Å². The Bertz CT molecular complexity index is 578. The van der Waals surface area contributed by atoms with E-state index in [0.29, 0.717) is 6.04 Å². The normalized spacial score (nSPS) is 22.4. The number of hydrogen-bond acceptors (Lipinski definition) is 4. The Hall–Kier alpha value is -1.72. The molecule has 5 heteroatoms. The number of aromatic nitrogens is 3. The van der Waals surface area contributed by atoms with E-state index >= 15 is 0 Å². The summed E-state index contributed by atoms with van der Waals surface area (Å²) in [6.07, 6.45) is 8.13. The molecule has 2 aromatic rings. The minimum Gasteiger partial charge on any atom is -0.372 e. The lowest BCUT2D eigenvalue weighted by Gasteiger charge is -2.32. The lowest BCUT2D eigenvalue weighted by molar-refractivity contribution is -0.0113. The molecule has 3 rings (SSSR count). The molecule has 21 heavy (non-hydrogen) atoms. The Kier molecular flexibility index (Phi) is 4.31. The third-order valence-corrected chi connectivity index (χ3v) is 3.89. The molecular formula is C16H22N4O. The first-order valence-electron chi connectivity index (χ1n) is 7.47. The fraction of sp³-hybridized carbons (Fsp3) is 0.500. The van der Waals surface area contributed by atoms with E-state index in [9.17, 15) is 0 Å².